The topological polar surface area (TPSA) is 69.7 Å². The molecule has 0 bridgehead atoms. The Morgan fingerprint density at radius 2 is 1.96 bits per heavy atom. The van der Waals surface area contributed by atoms with Crippen molar-refractivity contribution in [1.82, 2.24) is 4.98 Å². The lowest BCUT2D eigenvalue weighted by atomic mass is 9.93. The number of hydrogen-bond donors (Lipinski definition) is 1. The maximum atomic E-state index is 12.8. The zero-order valence-corrected chi connectivity index (χ0v) is 17.1. The van der Waals surface area contributed by atoms with Gasteiger partial charge in [-0.25, -0.2) is 4.98 Å². The molecule has 0 fully saturated rings. The van der Waals surface area contributed by atoms with Gasteiger partial charge in [-0.15, -0.1) is 0 Å². The summed E-state index contributed by atoms with van der Waals surface area (Å²) in [5, 5.41) is 2.96. The van der Waals surface area contributed by atoms with Crippen molar-refractivity contribution in [3.8, 4) is 5.88 Å². The maximum Gasteiger partial charge on any atom is 0.256 e. The van der Waals surface area contributed by atoms with Crippen LogP contribution in [-0.2, 0) is 14.3 Å². The van der Waals surface area contributed by atoms with E-state index in [4.69, 9.17) is 14.2 Å². The number of nitrogens with one attached hydrogen (secondary N) is 1. The Labute approximate surface area is 157 Å². The Hall–Kier alpha value is -1.66. The van der Waals surface area contributed by atoms with Crippen LogP contribution in [0.3, 0.4) is 0 Å². The van der Waals surface area contributed by atoms with E-state index in [9.17, 15) is 4.79 Å². The summed E-state index contributed by atoms with van der Waals surface area (Å²) in [6.45, 7) is 14.0. The van der Waals surface area contributed by atoms with Crippen LogP contribution in [0.15, 0.2) is 12.1 Å². The van der Waals surface area contributed by atoms with Gasteiger partial charge in [-0.05, 0) is 45.6 Å². The van der Waals surface area contributed by atoms with E-state index in [0.29, 0.717) is 56.0 Å². The third-order valence-electron chi connectivity index (χ3n) is 3.89. The highest BCUT2D eigenvalue weighted by molar-refractivity contribution is 5.97. The highest BCUT2D eigenvalue weighted by atomic mass is 16.5. The average molecular weight is 367 g/mol. The summed E-state index contributed by atoms with van der Waals surface area (Å²) in [5.74, 6) is 0.727. The van der Waals surface area contributed by atoms with Crippen LogP contribution in [0.4, 0.5) is 5.69 Å². The molecule has 1 atom stereocenters. The summed E-state index contributed by atoms with van der Waals surface area (Å²) in [6, 6.07) is 3.56. The smallest absolute Gasteiger partial charge is 0.256 e. The highest BCUT2D eigenvalue weighted by Gasteiger charge is 2.35. The van der Waals surface area contributed by atoms with Crippen molar-refractivity contribution in [1.29, 1.82) is 0 Å². The summed E-state index contributed by atoms with van der Waals surface area (Å²) in [7, 11) is 0. The zero-order chi connectivity index (χ0) is 19.6. The minimum atomic E-state index is -0.858. The molecule has 0 unspecified atom stereocenters. The lowest BCUT2D eigenvalue weighted by Gasteiger charge is -2.30. The van der Waals surface area contributed by atoms with Crippen LogP contribution in [0, 0.1) is 12.8 Å². The summed E-state index contributed by atoms with van der Waals surface area (Å²) >= 11 is 0. The van der Waals surface area contributed by atoms with Gasteiger partial charge in [0.2, 0.25) is 5.88 Å². The Morgan fingerprint density at radius 1 is 1.23 bits per heavy atom. The second kappa shape index (κ2) is 11.1. The minimum absolute atomic E-state index is 0.144. The Kier molecular flexibility index (Phi) is 9.59. The molecule has 0 saturated heterocycles. The summed E-state index contributed by atoms with van der Waals surface area (Å²) in [6.07, 6.45) is 1.53. The summed E-state index contributed by atoms with van der Waals surface area (Å²) in [5.41, 5.74) is 0.514. The first kappa shape index (κ1) is 22.4. The molecule has 1 aromatic heterocycles. The van der Waals surface area contributed by atoms with Crippen LogP contribution < -0.4 is 10.1 Å². The highest BCUT2D eigenvalue weighted by Crippen LogP contribution is 2.25. The van der Waals surface area contributed by atoms with Crippen molar-refractivity contribution in [2.75, 3.05) is 31.7 Å². The van der Waals surface area contributed by atoms with Gasteiger partial charge in [0.25, 0.3) is 5.91 Å². The Morgan fingerprint density at radius 3 is 2.54 bits per heavy atom. The van der Waals surface area contributed by atoms with Gasteiger partial charge in [0.15, 0.2) is 0 Å². The first-order valence-corrected chi connectivity index (χ1v) is 9.46. The van der Waals surface area contributed by atoms with Gasteiger partial charge >= 0.3 is 0 Å². The van der Waals surface area contributed by atoms with Crippen LogP contribution in [-0.4, -0.2) is 42.9 Å². The first-order chi connectivity index (χ1) is 12.3. The van der Waals surface area contributed by atoms with E-state index in [0.717, 1.165) is 6.42 Å². The summed E-state index contributed by atoms with van der Waals surface area (Å²) in [4.78, 5) is 17.2. The fraction of sp³-hybridized carbons (Fsp3) is 0.700. The van der Waals surface area contributed by atoms with Crippen molar-refractivity contribution < 1.29 is 19.0 Å². The molecule has 26 heavy (non-hydrogen) atoms. The van der Waals surface area contributed by atoms with Crippen LogP contribution >= 0.6 is 0 Å². The number of rotatable bonds is 12. The quantitative estimate of drug-likeness (QED) is 0.567. The van der Waals surface area contributed by atoms with E-state index >= 15 is 0 Å². The van der Waals surface area contributed by atoms with Gasteiger partial charge in [0.1, 0.15) is 12.2 Å². The minimum Gasteiger partial charge on any atom is -0.475 e. The fourth-order valence-corrected chi connectivity index (χ4v) is 2.68. The Bertz CT molecular complexity index is 563. The lowest BCUT2D eigenvalue weighted by Crippen LogP contribution is -2.44. The molecule has 0 aliphatic carbocycles. The largest absolute Gasteiger partial charge is 0.475 e. The van der Waals surface area contributed by atoms with Crippen molar-refractivity contribution in [2.45, 2.75) is 60.0 Å². The molecule has 1 heterocycles. The average Bonchev–Trinajstić information content (AvgIpc) is 2.58. The maximum absolute atomic E-state index is 12.8. The predicted octanol–water partition coefficient (Wildman–Crippen LogP) is 3.98. The number of anilines is 1. The van der Waals surface area contributed by atoms with Crippen molar-refractivity contribution in [3.05, 3.63) is 17.8 Å². The molecule has 1 rings (SSSR count). The van der Waals surface area contributed by atoms with Gasteiger partial charge in [0.05, 0.1) is 18.0 Å². The number of ether oxygens (including phenoxy) is 3. The van der Waals surface area contributed by atoms with Gasteiger partial charge in [-0.3, -0.25) is 4.79 Å². The molecule has 1 N–H and O–H groups in total. The zero-order valence-electron chi connectivity index (χ0n) is 17.1. The van der Waals surface area contributed by atoms with Gasteiger partial charge in [0, 0.05) is 19.3 Å². The van der Waals surface area contributed by atoms with E-state index < -0.39 is 5.60 Å². The van der Waals surface area contributed by atoms with Gasteiger partial charge in [-0.2, -0.15) is 0 Å². The molecule has 0 radical (unpaired) electrons. The SMILES string of the molecule is CCCO[C@](C)(CC(C)C)C(=O)Nc1ccc(OCCOCC)nc1C. The Balaban J connectivity index is 2.77. The number of aryl methyl sites for hydroxylation is 1. The second-order valence-electron chi connectivity index (χ2n) is 6.96. The third kappa shape index (κ3) is 7.30. The second-order valence-corrected chi connectivity index (χ2v) is 6.96. The number of carbonyl (C=O) groups is 1. The number of aromatic nitrogens is 1. The number of nitrogens with zero attached hydrogens (tertiary/aromatic N) is 1. The first-order valence-electron chi connectivity index (χ1n) is 9.46. The molecule has 0 spiro atoms. The molecular formula is C20H34N2O4. The van der Waals surface area contributed by atoms with E-state index in [1.165, 1.54) is 0 Å². The van der Waals surface area contributed by atoms with Crippen LogP contribution in [0.2, 0.25) is 0 Å². The van der Waals surface area contributed by atoms with Crippen LogP contribution in [0.5, 0.6) is 5.88 Å². The summed E-state index contributed by atoms with van der Waals surface area (Å²) < 4.78 is 16.7. The van der Waals surface area contributed by atoms with Gasteiger partial charge in [-0.1, -0.05) is 20.8 Å². The lowest BCUT2D eigenvalue weighted by molar-refractivity contribution is -0.141. The third-order valence-corrected chi connectivity index (χ3v) is 3.89. The van der Waals surface area contributed by atoms with Crippen molar-refractivity contribution in [2.24, 2.45) is 5.92 Å². The van der Waals surface area contributed by atoms with Crippen LogP contribution in [0.25, 0.3) is 0 Å². The fourth-order valence-electron chi connectivity index (χ4n) is 2.68. The molecule has 0 aliphatic heterocycles. The normalized spacial score (nSPS) is 13.5. The van der Waals surface area contributed by atoms with Crippen LogP contribution in [0.1, 0.15) is 53.2 Å². The molecule has 148 valence electrons. The number of amides is 1. The molecule has 1 aromatic rings. The number of carbonyl (C=O) groups excluding carboxylic acids is 1. The van der Waals surface area contributed by atoms with E-state index in [-0.39, 0.29) is 5.91 Å². The standard InChI is InChI=1S/C20H34N2O4/c1-7-11-26-20(6,14-15(3)4)19(23)22-17-9-10-18(21-16(17)5)25-13-12-24-8-2/h9-10,15H,7-8,11-14H2,1-6H3,(H,22,23)/t20-/m1/s1. The number of pyridine rings is 1. The van der Waals surface area contributed by atoms with E-state index in [2.05, 4.69) is 24.1 Å². The van der Waals surface area contributed by atoms with Crippen molar-refractivity contribution in [3.63, 3.8) is 0 Å². The van der Waals surface area contributed by atoms with E-state index in [1.807, 2.05) is 33.8 Å². The molecule has 0 saturated carbocycles. The predicted molar refractivity (Wildman–Crippen MR) is 104 cm³/mol. The molecule has 6 nitrogen and oxygen atoms in total. The molecule has 0 aliphatic rings. The molecule has 0 aromatic carbocycles. The molecular weight excluding hydrogens is 332 g/mol. The molecule has 6 heteroatoms. The van der Waals surface area contributed by atoms with E-state index in [1.54, 1.807) is 6.07 Å². The van der Waals surface area contributed by atoms with Gasteiger partial charge < -0.3 is 19.5 Å². The number of hydrogen-bond acceptors (Lipinski definition) is 5. The monoisotopic (exact) mass is 366 g/mol. The molecule has 1 amide bonds. The van der Waals surface area contributed by atoms with Crippen molar-refractivity contribution >= 4 is 11.6 Å².